The lowest BCUT2D eigenvalue weighted by Crippen LogP contribution is -2.55. The number of piperidine rings is 1. The minimum Gasteiger partial charge on any atom is -0.271 e. The van der Waals surface area contributed by atoms with Gasteiger partial charge in [-0.25, -0.2) is 8.42 Å². The van der Waals surface area contributed by atoms with Crippen molar-refractivity contribution in [1.82, 2.24) is 15.2 Å². The van der Waals surface area contributed by atoms with Crippen LogP contribution in [0, 0.1) is 0 Å². The number of nitrogens with one attached hydrogen (secondary N) is 2. The second kappa shape index (κ2) is 8.51. The van der Waals surface area contributed by atoms with Gasteiger partial charge in [-0.1, -0.05) is 28.4 Å². The second-order valence-corrected chi connectivity index (χ2v) is 9.76. The maximum absolute atomic E-state index is 13.0. The van der Waals surface area contributed by atoms with E-state index in [0.29, 0.717) is 17.7 Å². The van der Waals surface area contributed by atoms with Gasteiger partial charge in [0.25, 0.3) is 11.8 Å². The smallest absolute Gasteiger partial charge is 0.271 e. The summed E-state index contributed by atoms with van der Waals surface area (Å²) in [6.45, 7) is 0.259. The van der Waals surface area contributed by atoms with E-state index in [1.54, 1.807) is 29.6 Å². The minimum atomic E-state index is -3.81. The maximum atomic E-state index is 13.0. The number of carbonyl (C=O) groups excluding carboxylic acids is 2. The molecular weight excluding hydrogens is 454 g/mol. The summed E-state index contributed by atoms with van der Waals surface area (Å²) < 4.78 is 28.0. The highest BCUT2D eigenvalue weighted by atomic mass is 79.9. The van der Waals surface area contributed by atoms with Crippen LogP contribution in [0.4, 0.5) is 0 Å². The Labute approximate surface area is 169 Å². The highest BCUT2D eigenvalue weighted by Gasteiger charge is 2.37. The van der Waals surface area contributed by atoms with Gasteiger partial charge in [0.05, 0.1) is 9.77 Å². The lowest BCUT2D eigenvalue weighted by Gasteiger charge is -2.33. The number of hydrogen-bond acceptors (Lipinski definition) is 5. The summed E-state index contributed by atoms with van der Waals surface area (Å²) in [7, 11) is -3.81. The van der Waals surface area contributed by atoms with E-state index in [9.17, 15) is 18.0 Å². The van der Waals surface area contributed by atoms with Crippen molar-refractivity contribution in [1.29, 1.82) is 0 Å². The van der Waals surface area contributed by atoms with Crippen molar-refractivity contribution in [2.24, 2.45) is 0 Å². The summed E-state index contributed by atoms with van der Waals surface area (Å²) in [5, 5.41) is 1.75. The Balaban J connectivity index is 1.73. The first-order valence-electron chi connectivity index (χ1n) is 8.31. The highest BCUT2D eigenvalue weighted by Crippen LogP contribution is 2.26. The molecule has 3 rings (SSSR count). The Morgan fingerprint density at radius 2 is 1.85 bits per heavy atom. The van der Waals surface area contributed by atoms with E-state index in [1.165, 1.54) is 27.8 Å². The number of sulfonamides is 1. The number of hydrazine groups is 1. The molecule has 1 aliphatic rings. The molecule has 10 heteroatoms. The second-order valence-electron chi connectivity index (χ2n) is 6.00. The van der Waals surface area contributed by atoms with E-state index < -0.39 is 27.9 Å². The average molecular weight is 472 g/mol. The van der Waals surface area contributed by atoms with Gasteiger partial charge in [0.1, 0.15) is 6.04 Å². The molecule has 27 heavy (non-hydrogen) atoms. The van der Waals surface area contributed by atoms with Crippen molar-refractivity contribution < 1.29 is 18.0 Å². The van der Waals surface area contributed by atoms with Gasteiger partial charge >= 0.3 is 0 Å². The topological polar surface area (TPSA) is 95.6 Å². The third-order valence-corrected chi connectivity index (χ3v) is 7.54. The number of rotatable bonds is 4. The normalized spacial score (nSPS) is 18.0. The number of amides is 2. The van der Waals surface area contributed by atoms with Crippen molar-refractivity contribution in [3.63, 3.8) is 0 Å². The molecule has 0 saturated carbocycles. The largest absolute Gasteiger partial charge is 0.279 e. The fraction of sp³-hybridized carbons (Fsp3) is 0.294. The zero-order valence-corrected chi connectivity index (χ0v) is 17.4. The van der Waals surface area contributed by atoms with E-state index >= 15 is 0 Å². The first-order valence-corrected chi connectivity index (χ1v) is 11.4. The molecule has 1 aromatic heterocycles. The van der Waals surface area contributed by atoms with Gasteiger partial charge in [-0.05, 0) is 48.6 Å². The number of carbonyl (C=O) groups is 2. The predicted molar refractivity (Wildman–Crippen MR) is 106 cm³/mol. The molecule has 1 aliphatic heterocycles. The van der Waals surface area contributed by atoms with Crippen LogP contribution in [0.15, 0.2) is 51.1 Å². The van der Waals surface area contributed by atoms with Crippen molar-refractivity contribution >= 4 is 49.1 Å². The maximum Gasteiger partial charge on any atom is 0.279 e. The van der Waals surface area contributed by atoms with E-state index in [1.807, 2.05) is 0 Å². The summed E-state index contributed by atoms with van der Waals surface area (Å²) in [5.41, 5.74) is 4.70. The molecule has 1 unspecified atom stereocenters. The number of halogens is 1. The van der Waals surface area contributed by atoms with Crippen LogP contribution in [0.3, 0.4) is 0 Å². The molecule has 0 aliphatic carbocycles. The Hall–Kier alpha value is -1.75. The molecule has 1 aromatic carbocycles. The third-order valence-electron chi connectivity index (χ3n) is 4.22. The Bertz CT molecular complexity index is 914. The lowest BCUT2D eigenvalue weighted by atomic mass is 10.0. The van der Waals surface area contributed by atoms with Crippen LogP contribution in [-0.4, -0.2) is 37.1 Å². The summed E-state index contributed by atoms with van der Waals surface area (Å²) in [5.74, 6) is -0.975. The number of nitrogens with zero attached hydrogens (tertiary/aromatic N) is 1. The van der Waals surface area contributed by atoms with Gasteiger partial charge < -0.3 is 0 Å². The fourth-order valence-corrected chi connectivity index (χ4v) is 5.41. The Morgan fingerprint density at radius 1 is 1.11 bits per heavy atom. The van der Waals surface area contributed by atoms with Crippen LogP contribution in [0.2, 0.25) is 0 Å². The van der Waals surface area contributed by atoms with Crippen molar-refractivity contribution in [2.45, 2.75) is 30.2 Å². The fourth-order valence-electron chi connectivity index (χ4n) is 2.87. The molecule has 0 bridgehead atoms. The van der Waals surface area contributed by atoms with E-state index in [-0.39, 0.29) is 11.4 Å². The molecule has 1 fully saturated rings. The van der Waals surface area contributed by atoms with Gasteiger partial charge in [0, 0.05) is 11.0 Å². The SMILES string of the molecule is O=C(NNC(=O)C1CCCCN1S(=O)(=O)c1ccc(Br)cc1)c1cccs1. The molecule has 144 valence electrons. The zero-order chi connectivity index (χ0) is 19.4. The molecule has 0 radical (unpaired) electrons. The van der Waals surface area contributed by atoms with Crippen LogP contribution >= 0.6 is 27.3 Å². The lowest BCUT2D eigenvalue weighted by molar-refractivity contribution is -0.126. The first-order chi connectivity index (χ1) is 12.9. The summed E-state index contributed by atoms with van der Waals surface area (Å²) in [4.78, 5) is 25.1. The molecule has 7 nitrogen and oxygen atoms in total. The zero-order valence-electron chi connectivity index (χ0n) is 14.2. The molecule has 1 atom stereocenters. The van der Waals surface area contributed by atoms with Crippen LogP contribution in [0.5, 0.6) is 0 Å². The van der Waals surface area contributed by atoms with Crippen LogP contribution < -0.4 is 10.9 Å². The van der Waals surface area contributed by atoms with Crippen LogP contribution in [0.1, 0.15) is 28.9 Å². The third kappa shape index (κ3) is 4.57. The molecule has 2 N–H and O–H groups in total. The summed E-state index contributed by atoms with van der Waals surface area (Å²) in [6, 6.07) is 8.80. The molecule has 0 spiro atoms. The van der Waals surface area contributed by atoms with Gasteiger partial charge in [0.15, 0.2) is 0 Å². The van der Waals surface area contributed by atoms with Gasteiger partial charge in [0.2, 0.25) is 10.0 Å². The van der Waals surface area contributed by atoms with E-state index in [4.69, 9.17) is 0 Å². The molecule has 2 aromatic rings. The standard InChI is InChI=1S/C17H18BrN3O4S2/c18-12-6-8-13(9-7-12)27(24,25)21-10-2-1-4-14(21)16(22)19-20-17(23)15-5-3-11-26-15/h3,5-9,11,14H,1-2,4,10H2,(H,19,22)(H,20,23). The van der Waals surface area contributed by atoms with Crippen LogP contribution in [0.25, 0.3) is 0 Å². The van der Waals surface area contributed by atoms with Gasteiger partial charge in [-0.3, -0.25) is 20.4 Å². The van der Waals surface area contributed by atoms with Gasteiger partial charge in [-0.2, -0.15) is 4.31 Å². The van der Waals surface area contributed by atoms with Gasteiger partial charge in [-0.15, -0.1) is 11.3 Å². The molecular formula is C17H18BrN3O4S2. The quantitative estimate of drug-likeness (QED) is 0.669. The van der Waals surface area contributed by atoms with Crippen LogP contribution in [-0.2, 0) is 14.8 Å². The van der Waals surface area contributed by atoms with Crippen molar-refractivity contribution in [2.75, 3.05) is 6.54 Å². The van der Waals surface area contributed by atoms with E-state index in [2.05, 4.69) is 26.8 Å². The predicted octanol–water partition coefficient (Wildman–Crippen LogP) is 2.52. The summed E-state index contributed by atoms with van der Waals surface area (Å²) in [6.07, 6.45) is 1.82. The number of hydrogen-bond donors (Lipinski definition) is 2. The molecule has 2 amide bonds. The first kappa shape index (κ1) is 20.0. The van der Waals surface area contributed by atoms with E-state index in [0.717, 1.165) is 10.9 Å². The highest BCUT2D eigenvalue weighted by molar-refractivity contribution is 9.10. The van der Waals surface area contributed by atoms with Crippen molar-refractivity contribution in [3.8, 4) is 0 Å². The number of thiophene rings is 1. The Morgan fingerprint density at radius 3 is 2.52 bits per heavy atom. The molecule has 1 saturated heterocycles. The monoisotopic (exact) mass is 471 g/mol. The van der Waals surface area contributed by atoms with Crippen molar-refractivity contribution in [3.05, 3.63) is 51.1 Å². The average Bonchev–Trinajstić information content (AvgIpc) is 3.21. The Kier molecular flexibility index (Phi) is 6.30. The minimum absolute atomic E-state index is 0.132. The summed E-state index contributed by atoms with van der Waals surface area (Å²) >= 11 is 4.53. The number of benzene rings is 1. The molecule has 2 heterocycles.